The lowest BCUT2D eigenvalue weighted by atomic mass is 9.71. The van der Waals surface area contributed by atoms with Crippen molar-refractivity contribution in [3.63, 3.8) is 0 Å². The Hall–Kier alpha value is -0.930. The third-order valence-electron chi connectivity index (χ3n) is 4.01. The molecule has 2 rings (SSSR count). The Labute approximate surface area is 116 Å². The van der Waals surface area contributed by atoms with Crippen molar-refractivity contribution < 1.29 is 0 Å². The molecular formula is C17H20Cl. The summed E-state index contributed by atoms with van der Waals surface area (Å²) in [5.74, 6) is 6.23. The monoisotopic (exact) mass is 259 g/mol. The van der Waals surface area contributed by atoms with Crippen LogP contribution in [0.2, 0.25) is 5.02 Å². The maximum absolute atomic E-state index is 6.38. The zero-order chi connectivity index (χ0) is 13.2. The highest BCUT2D eigenvalue weighted by atomic mass is 35.5. The lowest BCUT2D eigenvalue weighted by molar-refractivity contribution is 0.224. The van der Waals surface area contributed by atoms with Crippen LogP contribution < -0.4 is 0 Å². The van der Waals surface area contributed by atoms with E-state index in [4.69, 9.17) is 11.6 Å². The van der Waals surface area contributed by atoms with E-state index in [2.05, 4.69) is 44.7 Å². The summed E-state index contributed by atoms with van der Waals surface area (Å²) in [6.07, 6.45) is 5.06. The molecule has 0 bridgehead atoms. The van der Waals surface area contributed by atoms with Gasteiger partial charge in [0, 0.05) is 17.5 Å². The molecule has 0 atom stereocenters. The molecule has 0 nitrogen and oxygen atoms in total. The summed E-state index contributed by atoms with van der Waals surface area (Å²) in [6, 6.07) is 6.17. The molecule has 1 aliphatic rings. The van der Waals surface area contributed by atoms with Gasteiger partial charge in [-0.2, -0.15) is 0 Å². The van der Waals surface area contributed by atoms with E-state index in [1.54, 1.807) is 0 Å². The van der Waals surface area contributed by atoms with Crippen molar-refractivity contribution in [1.29, 1.82) is 0 Å². The quantitative estimate of drug-likeness (QED) is 0.608. The highest BCUT2D eigenvalue weighted by Gasteiger charge is 2.28. The molecule has 1 radical (unpaired) electrons. The Bertz CT molecular complexity index is 478. The minimum atomic E-state index is 0.502. The van der Waals surface area contributed by atoms with Gasteiger partial charge >= 0.3 is 0 Å². The molecule has 0 aromatic heterocycles. The zero-order valence-corrected chi connectivity index (χ0v) is 12.0. The molecule has 1 aromatic carbocycles. The summed E-state index contributed by atoms with van der Waals surface area (Å²) in [4.78, 5) is 0. The Morgan fingerprint density at radius 2 is 1.94 bits per heavy atom. The highest BCUT2D eigenvalue weighted by molar-refractivity contribution is 6.31. The predicted octanol–water partition coefficient (Wildman–Crippen LogP) is 5.21. The maximum Gasteiger partial charge on any atom is 0.0453 e. The smallest absolute Gasteiger partial charge is 0.0453 e. The van der Waals surface area contributed by atoms with E-state index in [1.807, 2.05) is 6.07 Å². The molecule has 1 fully saturated rings. The Morgan fingerprint density at radius 1 is 1.28 bits per heavy atom. The summed E-state index contributed by atoms with van der Waals surface area (Å²) in [6.45, 7) is 8.25. The average Bonchev–Trinajstić information content (AvgIpc) is 2.31. The second kappa shape index (κ2) is 5.37. The molecule has 18 heavy (non-hydrogen) atoms. The van der Waals surface area contributed by atoms with Gasteiger partial charge in [0.15, 0.2) is 0 Å². The molecular weight excluding hydrogens is 240 g/mol. The van der Waals surface area contributed by atoms with Crippen LogP contribution in [0, 0.1) is 24.2 Å². The highest BCUT2D eigenvalue weighted by Crippen LogP contribution is 2.43. The predicted molar refractivity (Wildman–Crippen MR) is 78.7 cm³/mol. The van der Waals surface area contributed by atoms with E-state index < -0.39 is 0 Å². The van der Waals surface area contributed by atoms with Gasteiger partial charge in [0.05, 0.1) is 0 Å². The first kappa shape index (κ1) is 13.5. The number of hydrogen-bond donors (Lipinski definition) is 0. The lowest BCUT2D eigenvalue weighted by Gasteiger charge is -2.34. The molecule has 0 heterocycles. The van der Waals surface area contributed by atoms with Gasteiger partial charge < -0.3 is 0 Å². The van der Waals surface area contributed by atoms with Gasteiger partial charge in [0.2, 0.25) is 0 Å². The van der Waals surface area contributed by atoms with Gasteiger partial charge in [-0.15, -0.1) is 0 Å². The molecule has 1 heteroatoms. The van der Waals surface area contributed by atoms with Gasteiger partial charge in [-0.25, -0.2) is 0 Å². The second-order valence-corrected chi connectivity index (χ2v) is 6.38. The number of halogens is 1. The van der Waals surface area contributed by atoms with Crippen molar-refractivity contribution >= 4 is 11.6 Å². The van der Waals surface area contributed by atoms with Gasteiger partial charge in [-0.1, -0.05) is 43.4 Å². The molecule has 0 aliphatic heterocycles. The first-order valence-corrected chi connectivity index (χ1v) is 6.97. The summed E-state index contributed by atoms with van der Waals surface area (Å²) >= 11 is 6.38. The molecule has 0 saturated heterocycles. The van der Waals surface area contributed by atoms with Crippen molar-refractivity contribution in [2.45, 2.75) is 45.4 Å². The van der Waals surface area contributed by atoms with E-state index >= 15 is 0 Å². The fraction of sp³-hybridized carbons (Fsp3) is 0.471. The second-order valence-electron chi connectivity index (χ2n) is 5.98. The van der Waals surface area contributed by atoms with Crippen LogP contribution in [-0.4, -0.2) is 0 Å². The number of benzene rings is 1. The van der Waals surface area contributed by atoms with Crippen molar-refractivity contribution in [3.8, 4) is 11.8 Å². The fourth-order valence-corrected chi connectivity index (χ4v) is 3.08. The van der Waals surface area contributed by atoms with Gasteiger partial charge in [0.1, 0.15) is 0 Å². The molecule has 1 aliphatic carbocycles. The molecule has 1 saturated carbocycles. The standard InChI is InChI=1S/C17H20Cl/c1-4-5-13-6-7-15(16(18)12-13)14-8-10-17(2,3)11-9-14/h6-7,12,14H,1,8-11H2,2-3H3. The van der Waals surface area contributed by atoms with Crippen LogP contribution in [0.25, 0.3) is 0 Å². The fourth-order valence-electron chi connectivity index (χ4n) is 2.75. The lowest BCUT2D eigenvalue weighted by Crippen LogP contribution is -2.20. The van der Waals surface area contributed by atoms with Crippen molar-refractivity contribution in [2.24, 2.45) is 5.41 Å². The average molecular weight is 260 g/mol. The molecule has 0 amide bonds. The normalized spacial score (nSPS) is 19.1. The van der Waals surface area contributed by atoms with Crippen LogP contribution in [0.15, 0.2) is 18.2 Å². The van der Waals surface area contributed by atoms with E-state index in [1.165, 1.54) is 31.2 Å². The third-order valence-corrected chi connectivity index (χ3v) is 4.34. The maximum atomic E-state index is 6.38. The van der Waals surface area contributed by atoms with Gasteiger partial charge in [-0.05, 0) is 54.7 Å². The largest absolute Gasteiger partial charge is 0.0969 e. The van der Waals surface area contributed by atoms with Gasteiger partial charge in [0.25, 0.3) is 0 Å². The van der Waals surface area contributed by atoms with Crippen LogP contribution in [0.4, 0.5) is 0 Å². The van der Waals surface area contributed by atoms with Crippen LogP contribution in [0.1, 0.15) is 56.6 Å². The summed E-state index contributed by atoms with van der Waals surface area (Å²) in [7, 11) is 0. The van der Waals surface area contributed by atoms with Crippen LogP contribution in [-0.2, 0) is 0 Å². The molecule has 95 valence electrons. The van der Waals surface area contributed by atoms with Crippen LogP contribution in [0.3, 0.4) is 0 Å². The minimum Gasteiger partial charge on any atom is -0.0969 e. The van der Waals surface area contributed by atoms with Crippen LogP contribution in [0.5, 0.6) is 0 Å². The van der Waals surface area contributed by atoms with E-state index in [-0.39, 0.29) is 0 Å². The first-order chi connectivity index (χ1) is 8.52. The minimum absolute atomic E-state index is 0.502. The summed E-state index contributed by atoms with van der Waals surface area (Å²) in [5, 5.41) is 0.861. The Balaban J connectivity index is 2.16. The Morgan fingerprint density at radius 3 is 2.50 bits per heavy atom. The SMILES string of the molecule is [CH2]C#Cc1ccc(C2CCC(C)(C)CC2)c(Cl)c1. The first-order valence-electron chi connectivity index (χ1n) is 6.59. The molecule has 1 aromatic rings. The molecule has 0 unspecified atom stereocenters. The van der Waals surface area contributed by atoms with E-state index in [0.29, 0.717) is 11.3 Å². The number of rotatable bonds is 1. The third kappa shape index (κ3) is 3.09. The topological polar surface area (TPSA) is 0 Å². The Kier molecular flexibility index (Phi) is 4.03. The summed E-state index contributed by atoms with van der Waals surface area (Å²) in [5.41, 5.74) is 2.75. The molecule has 0 spiro atoms. The van der Waals surface area contributed by atoms with E-state index in [0.717, 1.165) is 10.6 Å². The zero-order valence-electron chi connectivity index (χ0n) is 11.2. The van der Waals surface area contributed by atoms with Crippen molar-refractivity contribution in [1.82, 2.24) is 0 Å². The van der Waals surface area contributed by atoms with Crippen molar-refractivity contribution in [3.05, 3.63) is 41.3 Å². The number of hydrogen-bond acceptors (Lipinski definition) is 0. The van der Waals surface area contributed by atoms with Crippen LogP contribution >= 0.6 is 11.6 Å². The van der Waals surface area contributed by atoms with E-state index in [9.17, 15) is 0 Å². The summed E-state index contributed by atoms with van der Waals surface area (Å²) < 4.78 is 0. The van der Waals surface area contributed by atoms with Gasteiger partial charge in [-0.3, -0.25) is 0 Å². The molecule has 0 N–H and O–H groups in total. The van der Waals surface area contributed by atoms with Crippen molar-refractivity contribution in [2.75, 3.05) is 0 Å².